The Balaban J connectivity index is 0.000000403. The predicted molar refractivity (Wildman–Crippen MR) is 94.6 cm³/mol. The summed E-state index contributed by atoms with van der Waals surface area (Å²) in [6.45, 7) is 0. The summed E-state index contributed by atoms with van der Waals surface area (Å²) in [7, 11) is 0. The van der Waals surface area contributed by atoms with Crippen LogP contribution in [0.5, 0.6) is 0 Å². The fourth-order valence-electron chi connectivity index (χ4n) is 1.44. The van der Waals surface area contributed by atoms with Crippen LogP contribution in [0.4, 0.5) is 11.4 Å². The standard InChI is InChI=1S/2C8H9NOS.Co/c2*10-8(6-11)9-7-4-2-1-3-5-7;/h2*1-5,11H,6H2,(H,9,10);/q;;+2/p-2. The number of para-hydroxylation sites is 2. The van der Waals surface area contributed by atoms with E-state index in [1.54, 1.807) is 0 Å². The van der Waals surface area contributed by atoms with Crippen molar-refractivity contribution >= 4 is 48.4 Å². The number of amides is 2. The van der Waals surface area contributed by atoms with E-state index in [-0.39, 0.29) is 40.1 Å². The first-order chi connectivity index (χ1) is 10.7. The molecule has 0 fully saturated rings. The van der Waals surface area contributed by atoms with E-state index in [1.165, 1.54) is 0 Å². The number of carbonyl (C=O) groups is 2. The van der Waals surface area contributed by atoms with E-state index in [4.69, 9.17) is 0 Å². The Morgan fingerprint density at radius 1 is 0.696 bits per heavy atom. The molecule has 0 saturated carbocycles. The molecule has 0 spiro atoms. The number of rotatable bonds is 4. The molecular formula is C16H16CoN2O2S2. The summed E-state index contributed by atoms with van der Waals surface area (Å²) < 4.78 is 0. The molecule has 0 aromatic heterocycles. The molecule has 2 N–H and O–H groups in total. The number of carbonyl (C=O) groups excluding carboxylic acids is 2. The maximum Gasteiger partial charge on any atom is 2.00 e. The largest absolute Gasteiger partial charge is 2.00 e. The molecule has 2 aromatic rings. The topological polar surface area (TPSA) is 58.2 Å². The molecule has 4 nitrogen and oxygen atoms in total. The minimum atomic E-state index is -0.133. The molecule has 2 aromatic carbocycles. The SMILES string of the molecule is O=C(C[S-])Nc1ccccc1.O=C(C[S-])Nc1ccccc1.[Co+2]. The molecular weight excluding hydrogens is 375 g/mol. The van der Waals surface area contributed by atoms with Crippen molar-refractivity contribution in [1.29, 1.82) is 0 Å². The maximum atomic E-state index is 10.8. The van der Waals surface area contributed by atoms with Gasteiger partial charge in [0.2, 0.25) is 0 Å². The fraction of sp³-hybridized carbons (Fsp3) is 0.125. The Morgan fingerprint density at radius 2 is 1.00 bits per heavy atom. The number of anilines is 2. The van der Waals surface area contributed by atoms with Gasteiger partial charge in [0.15, 0.2) is 11.8 Å². The van der Waals surface area contributed by atoms with Crippen molar-refractivity contribution in [3.63, 3.8) is 0 Å². The Hall–Kier alpha value is -1.41. The molecule has 1 radical (unpaired) electrons. The van der Waals surface area contributed by atoms with Gasteiger partial charge in [-0.05, 0) is 24.3 Å². The molecule has 23 heavy (non-hydrogen) atoms. The van der Waals surface area contributed by atoms with Gasteiger partial charge < -0.3 is 35.9 Å². The van der Waals surface area contributed by atoms with E-state index in [1.807, 2.05) is 60.7 Å². The van der Waals surface area contributed by atoms with Crippen LogP contribution < -0.4 is 10.6 Å². The fourth-order valence-corrected chi connectivity index (χ4v) is 1.58. The van der Waals surface area contributed by atoms with Crippen LogP contribution in [0.25, 0.3) is 0 Å². The van der Waals surface area contributed by atoms with E-state index in [0.29, 0.717) is 0 Å². The first kappa shape index (κ1) is 21.6. The number of hydrogen-bond acceptors (Lipinski definition) is 4. The third-order valence-corrected chi connectivity index (χ3v) is 2.90. The van der Waals surface area contributed by atoms with Gasteiger partial charge in [0, 0.05) is 11.4 Å². The van der Waals surface area contributed by atoms with Crippen LogP contribution in [0, 0.1) is 0 Å². The molecule has 0 atom stereocenters. The monoisotopic (exact) mass is 391 g/mol. The molecule has 0 aliphatic carbocycles. The maximum absolute atomic E-state index is 10.8. The van der Waals surface area contributed by atoms with Crippen LogP contribution in [0.3, 0.4) is 0 Å². The zero-order valence-electron chi connectivity index (χ0n) is 12.2. The minimum Gasteiger partial charge on any atom is -0.783 e. The van der Waals surface area contributed by atoms with Gasteiger partial charge >= 0.3 is 16.8 Å². The van der Waals surface area contributed by atoms with Crippen LogP contribution in [-0.2, 0) is 51.6 Å². The van der Waals surface area contributed by atoms with Crippen molar-refractivity contribution in [2.75, 3.05) is 22.1 Å². The first-order valence-electron chi connectivity index (χ1n) is 6.51. The first-order valence-corrected chi connectivity index (χ1v) is 7.67. The quantitative estimate of drug-likeness (QED) is 0.786. The van der Waals surface area contributed by atoms with Crippen LogP contribution in [-0.4, -0.2) is 23.3 Å². The number of nitrogens with one attached hydrogen (secondary N) is 2. The summed E-state index contributed by atoms with van der Waals surface area (Å²) in [5.74, 6) is -0.0542. The van der Waals surface area contributed by atoms with Gasteiger partial charge in [0.1, 0.15) is 0 Å². The van der Waals surface area contributed by atoms with Crippen molar-refractivity contribution in [1.82, 2.24) is 0 Å². The van der Waals surface area contributed by atoms with E-state index >= 15 is 0 Å². The summed E-state index contributed by atoms with van der Waals surface area (Å²) in [4.78, 5) is 21.5. The van der Waals surface area contributed by atoms with Gasteiger partial charge in [-0.2, -0.15) is 0 Å². The summed E-state index contributed by atoms with van der Waals surface area (Å²) in [6, 6.07) is 18.5. The molecule has 0 heterocycles. The summed E-state index contributed by atoms with van der Waals surface area (Å²) in [6.07, 6.45) is 0. The van der Waals surface area contributed by atoms with Gasteiger partial charge in [-0.25, -0.2) is 0 Å². The van der Waals surface area contributed by atoms with E-state index < -0.39 is 0 Å². The van der Waals surface area contributed by atoms with Gasteiger partial charge in [0.05, 0.1) is 0 Å². The van der Waals surface area contributed by atoms with Crippen molar-refractivity contribution in [2.24, 2.45) is 0 Å². The normalized spacial score (nSPS) is 8.78. The molecule has 7 heteroatoms. The Bertz CT molecular complexity index is 530. The Morgan fingerprint density at radius 3 is 1.26 bits per heavy atom. The molecule has 2 amide bonds. The Kier molecular flexibility index (Phi) is 12.3. The molecule has 2 rings (SSSR count). The average molecular weight is 391 g/mol. The zero-order chi connectivity index (χ0) is 16.2. The van der Waals surface area contributed by atoms with Crippen LogP contribution in [0.1, 0.15) is 0 Å². The summed E-state index contributed by atoms with van der Waals surface area (Å²) in [5, 5.41) is 5.30. The average Bonchev–Trinajstić information content (AvgIpc) is 2.57. The van der Waals surface area contributed by atoms with Gasteiger partial charge in [-0.15, -0.1) is 0 Å². The Labute approximate surface area is 157 Å². The zero-order valence-corrected chi connectivity index (χ0v) is 14.8. The number of hydrogen-bond donors (Lipinski definition) is 2. The molecule has 0 bridgehead atoms. The molecule has 0 saturated heterocycles. The summed E-state index contributed by atoms with van der Waals surface area (Å²) in [5.41, 5.74) is 1.59. The van der Waals surface area contributed by atoms with Crippen LogP contribution >= 0.6 is 0 Å². The molecule has 0 aliphatic rings. The van der Waals surface area contributed by atoms with E-state index in [9.17, 15) is 9.59 Å². The van der Waals surface area contributed by atoms with Crippen LogP contribution in [0.15, 0.2) is 60.7 Å². The third-order valence-electron chi connectivity index (χ3n) is 2.38. The van der Waals surface area contributed by atoms with Gasteiger partial charge in [-0.1, -0.05) is 47.9 Å². The van der Waals surface area contributed by atoms with Gasteiger partial charge in [-0.3, -0.25) is 9.59 Å². The minimum absolute atomic E-state index is 0. The summed E-state index contributed by atoms with van der Waals surface area (Å²) >= 11 is 9.12. The molecule has 0 aliphatic heterocycles. The predicted octanol–water partition coefficient (Wildman–Crippen LogP) is 2.34. The second-order valence-corrected chi connectivity index (χ2v) is 4.69. The molecule has 0 unspecified atom stereocenters. The van der Waals surface area contributed by atoms with Crippen molar-refractivity contribution < 1.29 is 26.4 Å². The smallest absolute Gasteiger partial charge is 0.783 e. The van der Waals surface area contributed by atoms with E-state index in [0.717, 1.165) is 11.4 Å². The third kappa shape index (κ3) is 10.1. The van der Waals surface area contributed by atoms with E-state index in [2.05, 4.69) is 35.9 Å². The number of benzene rings is 2. The van der Waals surface area contributed by atoms with Crippen molar-refractivity contribution in [3.05, 3.63) is 60.7 Å². The second kappa shape index (κ2) is 13.1. The van der Waals surface area contributed by atoms with Gasteiger partial charge in [0.25, 0.3) is 0 Å². The molecule has 123 valence electrons. The second-order valence-electron chi connectivity index (χ2n) is 4.12. The van der Waals surface area contributed by atoms with Crippen LogP contribution in [0.2, 0.25) is 0 Å². The van der Waals surface area contributed by atoms with Crippen molar-refractivity contribution in [2.45, 2.75) is 0 Å². The van der Waals surface area contributed by atoms with Crippen molar-refractivity contribution in [3.8, 4) is 0 Å².